The highest BCUT2D eigenvalue weighted by atomic mass is 19.1. The maximum absolute atomic E-state index is 13.5. The van der Waals surface area contributed by atoms with Crippen LogP contribution in [0, 0.1) is 5.82 Å². The van der Waals surface area contributed by atoms with E-state index >= 15 is 0 Å². The summed E-state index contributed by atoms with van der Waals surface area (Å²) >= 11 is 0. The highest BCUT2D eigenvalue weighted by Crippen LogP contribution is 2.35. The number of aromatic nitrogens is 2. The highest BCUT2D eigenvalue weighted by molar-refractivity contribution is 5.97. The normalized spacial score (nSPS) is 18.1. The molecule has 2 atom stereocenters. The lowest BCUT2D eigenvalue weighted by Crippen LogP contribution is -2.49. The van der Waals surface area contributed by atoms with E-state index in [1.54, 1.807) is 36.7 Å². The highest BCUT2D eigenvalue weighted by Gasteiger charge is 2.52. The number of nitrogens with zero attached hydrogens (tertiary/aromatic N) is 2. The molecular weight excluding hydrogens is 557 g/mol. The monoisotopic (exact) mass is 587 g/mol. The number of ether oxygens (including phenoxy) is 3. The quantitative estimate of drug-likeness (QED) is 0.288. The zero-order valence-corrected chi connectivity index (χ0v) is 23.3. The molecule has 1 spiro atoms. The van der Waals surface area contributed by atoms with Gasteiger partial charge in [-0.25, -0.2) is 4.39 Å². The van der Waals surface area contributed by atoms with Gasteiger partial charge in [-0.3, -0.25) is 19.4 Å². The molecule has 2 aromatic carbocycles. The van der Waals surface area contributed by atoms with Gasteiger partial charge in [-0.1, -0.05) is 0 Å². The summed E-state index contributed by atoms with van der Waals surface area (Å²) in [6, 6.07) is 14.5. The van der Waals surface area contributed by atoms with Crippen molar-refractivity contribution in [3.63, 3.8) is 0 Å². The van der Waals surface area contributed by atoms with Crippen molar-refractivity contribution in [2.24, 2.45) is 0 Å². The number of rotatable bonds is 8. The Labute approximate surface area is 246 Å². The molecule has 2 aromatic heterocycles. The molecule has 2 saturated heterocycles. The Morgan fingerprint density at radius 1 is 1.09 bits per heavy atom. The van der Waals surface area contributed by atoms with E-state index in [1.807, 2.05) is 19.1 Å². The second kappa shape index (κ2) is 11.8. The van der Waals surface area contributed by atoms with Gasteiger partial charge in [-0.2, -0.15) is 0 Å². The number of likely N-dealkylation sites (tertiary alicyclic amines) is 1. The minimum Gasteiger partial charge on any atom is -0.457 e. The molecule has 11 nitrogen and oxygen atoms in total. The molecule has 4 heterocycles. The Hall–Kier alpha value is -4.81. The van der Waals surface area contributed by atoms with Gasteiger partial charge in [-0.15, -0.1) is 0 Å². The van der Waals surface area contributed by atoms with Crippen molar-refractivity contribution in [1.29, 1.82) is 0 Å². The molecule has 0 aliphatic carbocycles. The average molecular weight is 588 g/mol. The Morgan fingerprint density at radius 2 is 1.79 bits per heavy atom. The van der Waals surface area contributed by atoms with Crippen molar-refractivity contribution >= 4 is 28.6 Å². The zero-order valence-electron chi connectivity index (χ0n) is 23.3. The molecule has 0 saturated carbocycles. The van der Waals surface area contributed by atoms with Crippen LogP contribution in [0.3, 0.4) is 0 Å². The molecule has 0 radical (unpaired) electrons. The van der Waals surface area contributed by atoms with E-state index in [2.05, 4.69) is 20.6 Å². The number of hydrogen-bond donors (Lipinski definition) is 3. The van der Waals surface area contributed by atoms with E-state index in [0.717, 1.165) is 16.6 Å². The third-order valence-electron chi connectivity index (χ3n) is 7.56. The lowest BCUT2D eigenvalue weighted by atomic mass is 10.1. The molecule has 0 unspecified atom stereocenters. The summed E-state index contributed by atoms with van der Waals surface area (Å²) in [6.07, 6.45) is 3.61. The van der Waals surface area contributed by atoms with Crippen molar-refractivity contribution in [2.45, 2.75) is 31.2 Å². The van der Waals surface area contributed by atoms with Crippen LogP contribution in [0.5, 0.6) is 11.5 Å². The fourth-order valence-electron chi connectivity index (χ4n) is 5.33. The number of carbonyl (C=O) groups is 3. The number of amides is 3. The fourth-order valence-corrected chi connectivity index (χ4v) is 5.33. The van der Waals surface area contributed by atoms with Crippen LogP contribution in [0.1, 0.15) is 35.4 Å². The summed E-state index contributed by atoms with van der Waals surface area (Å²) in [5, 5.41) is 6.55. The van der Waals surface area contributed by atoms with E-state index in [-0.39, 0.29) is 37.3 Å². The smallest absolute Gasteiger partial charge is 0.251 e. The molecule has 222 valence electrons. The van der Waals surface area contributed by atoms with Gasteiger partial charge in [0.15, 0.2) is 5.79 Å². The van der Waals surface area contributed by atoms with Gasteiger partial charge in [0.25, 0.3) is 5.91 Å². The molecular formula is C31H30FN5O6. The van der Waals surface area contributed by atoms with Gasteiger partial charge in [0.2, 0.25) is 11.8 Å². The van der Waals surface area contributed by atoms with E-state index in [9.17, 15) is 18.8 Å². The van der Waals surface area contributed by atoms with E-state index in [0.29, 0.717) is 30.3 Å². The minimum absolute atomic E-state index is 0.0711. The average Bonchev–Trinajstić information content (AvgIpc) is 3.76. The SMILES string of the molecule is C[C@@H](NC(=O)[C@@H]1CC2(CN1C(=O)CNC(=O)c1ccc(Oc3ccc(F)cc3)cc1)OCCO2)c1cc2cnccc2[nH]1. The van der Waals surface area contributed by atoms with Crippen LogP contribution in [0.25, 0.3) is 10.9 Å². The summed E-state index contributed by atoms with van der Waals surface area (Å²) < 4.78 is 30.4. The first-order chi connectivity index (χ1) is 20.8. The Kier molecular flexibility index (Phi) is 7.78. The molecule has 0 bridgehead atoms. The Balaban J connectivity index is 1.08. The molecule has 2 aliphatic rings. The number of fused-ring (bicyclic) bond motifs is 1. The van der Waals surface area contributed by atoms with Crippen molar-refractivity contribution in [3.8, 4) is 11.5 Å². The molecule has 2 fully saturated rings. The lowest BCUT2D eigenvalue weighted by Gasteiger charge is -2.25. The first kappa shape index (κ1) is 28.3. The maximum atomic E-state index is 13.5. The first-order valence-electron chi connectivity index (χ1n) is 13.9. The number of hydrogen-bond acceptors (Lipinski definition) is 7. The number of aromatic amines is 1. The minimum atomic E-state index is -1.06. The van der Waals surface area contributed by atoms with E-state index in [4.69, 9.17) is 14.2 Å². The van der Waals surface area contributed by atoms with Gasteiger partial charge < -0.3 is 34.7 Å². The Morgan fingerprint density at radius 3 is 2.49 bits per heavy atom. The molecule has 3 amide bonds. The standard InChI is InChI=1S/C31H30FN5O6/c1-19(26-14-21-16-33-11-10-25(21)36-26)35-30(40)27-15-31(41-12-13-42-31)18-37(27)28(38)17-34-29(39)20-2-6-23(7-3-20)43-24-8-4-22(32)5-9-24/h2-11,14,16,19,27,36H,12-13,15,17-18H2,1H3,(H,34,39)(H,35,40)/t19-,27+/m1/s1. The predicted octanol–water partition coefficient (Wildman–Crippen LogP) is 3.45. The van der Waals surface area contributed by atoms with Crippen LogP contribution in [-0.2, 0) is 19.1 Å². The summed E-state index contributed by atoms with van der Waals surface area (Å²) in [5.74, 6) is -1.77. The first-order valence-corrected chi connectivity index (χ1v) is 13.9. The molecule has 12 heteroatoms. The van der Waals surface area contributed by atoms with Crippen molar-refractivity contribution < 1.29 is 33.0 Å². The Bertz CT molecular complexity index is 1600. The molecule has 2 aliphatic heterocycles. The zero-order chi connectivity index (χ0) is 30.0. The van der Waals surface area contributed by atoms with E-state index < -0.39 is 23.6 Å². The molecule has 3 N–H and O–H groups in total. The van der Waals surface area contributed by atoms with Gasteiger partial charge >= 0.3 is 0 Å². The summed E-state index contributed by atoms with van der Waals surface area (Å²) in [7, 11) is 0. The van der Waals surface area contributed by atoms with Crippen LogP contribution < -0.4 is 15.4 Å². The summed E-state index contributed by atoms with van der Waals surface area (Å²) in [4.78, 5) is 48.5. The van der Waals surface area contributed by atoms with Gasteiger partial charge in [0.1, 0.15) is 23.4 Å². The van der Waals surface area contributed by atoms with Crippen LogP contribution in [-0.4, -0.2) is 70.7 Å². The number of halogens is 1. The van der Waals surface area contributed by atoms with E-state index in [1.165, 1.54) is 29.2 Å². The molecule has 4 aromatic rings. The van der Waals surface area contributed by atoms with Crippen molar-refractivity contribution in [3.05, 3.63) is 90.1 Å². The summed E-state index contributed by atoms with van der Waals surface area (Å²) in [5.41, 5.74) is 2.02. The predicted molar refractivity (Wildman–Crippen MR) is 153 cm³/mol. The number of H-pyrrole nitrogens is 1. The number of nitrogens with one attached hydrogen (secondary N) is 3. The van der Waals surface area contributed by atoms with Crippen LogP contribution in [0.2, 0.25) is 0 Å². The van der Waals surface area contributed by atoms with Gasteiger partial charge in [0.05, 0.1) is 32.3 Å². The van der Waals surface area contributed by atoms with Crippen LogP contribution >= 0.6 is 0 Å². The molecule has 43 heavy (non-hydrogen) atoms. The van der Waals surface area contributed by atoms with Crippen molar-refractivity contribution in [2.75, 3.05) is 26.3 Å². The number of carbonyl (C=O) groups excluding carboxylic acids is 3. The van der Waals surface area contributed by atoms with Crippen LogP contribution in [0.15, 0.2) is 73.1 Å². The third-order valence-corrected chi connectivity index (χ3v) is 7.56. The number of pyridine rings is 1. The second-order valence-corrected chi connectivity index (χ2v) is 10.5. The lowest BCUT2D eigenvalue weighted by molar-refractivity contribution is -0.152. The van der Waals surface area contributed by atoms with Gasteiger partial charge in [-0.05, 0) is 67.6 Å². The second-order valence-electron chi connectivity index (χ2n) is 10.5. The summed E-state index contributed by atoms with van der Waals surface area (Å²) in [6.45, 7) is 2.34. The number of benzene rings is 2. The van der Waals surface area contributed by atoms with Gasteiger partial charge in [0, 0.05) is 41.0 Å². The maximum Gasteiger partial charge on any atom is 0.251 e. The van der Waals surface area contributed by atoms with Crippen molar-refractivity contribution in [1.82, 2.24) is 25.5 Å². The topological polar surface area (TPSA) is 135 Å². The fraction of sp³-hybridized carbons (Fsp3) is 0.290. The largest absolute Gasteiger partial charge is 0.457 e. The third kappa shape index (κ3) is 6.20. The molecule has 6 rings (SSSR count). The van der Waals surface area contributed by atoms with Crippen LogP contribution in [0.4, 0.5) is 4.39 Å².